The predicted octanol–water partition coefficient (Wildman–Crippen LogP) is 5.53. The fourth-order valence-corrected chi connectivity index (χ4v) is 5.64. The Bertz CT molecular complexity index is 1320. The number of carbonyl (C=O) groups excluding carboxylic acids is 1. The molecule has 0 bridgehead atoms. The van der Waals surface area contributed by atoms with Crippen molar-refractivity contribution in [3.63, 3.8) is 0 Å². The summed E-state index contributed by atoms with van der Waals surface area (Å²) in [5, 5.41) is 4.41. The van der Waals surface area contributed by atoms with E-state index in [0.717, 1.165) is 39.7 Å². The van der Waals surface area contributed by atoms with Crippen LogP contribution in [0.4, 0.5) is 16.6 Å². The standard InChI is InChI=1S/C27H41BrN8O3Si/c1-19(21-8-9-29-25(33-21)34-10-12-35(13-11-34)26(37)39-27(2,3)4)32-23-22-20(28)16-36(24(22)31-17-30-23)18-38-14-15-40(5,6)7/h8-9,16-17,19H,10-15,18H2,1-7H3,(H,30,31,32). The molecule has 40 heavy (non-hydrogen) atoms. The maximum Gasteiger partial charge on any atom is 0.410 e. The van der Waals surface area contributed by atoms with Crippen molar-refractivity contribution < 1.29 is 14.3 Å². The number of halogens is 1. The van der Waals surface area contributed by atoms with Crippen LogP contribution in [0.25, 0.3) is 11.0 Å². The Morgan fingerprint density at radius 2 is 1.88 bits per heavy atom. The number of rotatable bonds is 9. The zero-order chi connectivity index (χ0) is 29.1. The van der Waals surface area contributed by atoms with E-state index < -0.39 is 13.7 Å². The van der Waals surface area contributed by atoms with Crippen LogP contribution in [0.15, 0.2) is 29.3 Å². The number of ether oxygens (including phenoxy) is 2. The fraction of sp³-hybridized carbons (Fsp3) is 0.593. The van der Waals surface area contributed by atoms with Crippen molar-refractivity contribution in [2.45, 2.75) is 71.8 Å². The number of nitrogens with zero attached hydrogens (tertiary/aromatic N) is 7. The van der Waals surface area contributed by atoms with Crippen molar-refractivity contribution in [3.8, 4) is 0 Å². The van der Waals surface area contributed by atoms with Crippen molar-refractivity contribution in [1.29, 1.82) is 0 Å². The van der Waals surface area contributed by atoms with E-state index in [0.29, 0.717) is 38.9 Å². The molecule has 3 aromatic heterocycles. The fourth-order valence-electron chi connectivity index (χ4n) is 4.28. The zero-order valence-electron chi connectivity index (χ0n) is 24.6. The van der Waals surface area contributed by atoms with Crippen molar-refractivity contribution >= 4 is 52.9 Å². The van der Waals surface area contributed by atoms with Crippen LogP contribution < -0.4 is 10.2 Å². The first-order valence-corrected chi connectivity index (χ1v) is 18.2. The Labute approximate surface area is 245 Å². The molecule has 0 aromatic carbocycles. The topological polar surface area (TPSA) is 111 Å². The molecular weight excluding hydrogens is 592 g/mol. The number of nitrogens with one attached hydrogen (secondary N) is 1. The molecule has 1 aliphatic heterocycles. The smallest absolute Gasteiger partial charge is 0.410 e. The SMILES string of the molecule is CC(Nc1ncnc2c1c(Br)cn2COCC[Si](C)(C)C)c1ccnc(N2CCN(C(=O)OC(C)(C)C)CC2)n1. The number of fused-ring (bicyclic) bond motifs is 1. The van der Waals surface area contributed by atoms with E-state index in [9.17, 15) is 4.79 Å². The number of piperazine rings is 1. The largest absolute Gasteiger partial charge is 0.444 e. The first-order valence-electron chi connectivity index (χ1n) is 13.7. The Kier molecular flexibility index (Phi) is 9.35. The molecule has 4 heterocycles. The summed E-state index contributed by atoms with van der Waals surface area (Å²) < 4.78 is 14.4. The van der Waals surface area contributed by atoms with Crippen molar-refractivity contribution in [1.82, 2.24) is 29.4 Å². The lowest BCUT2D eigenvalue weighted by Crippen LogP contribution is -2.50. The van der Waals surface area contributed by atoms with Gasteiger partial charge >= 0.3 is 6.09 Å². The van der Waals surface area contributed by atoms with Gasteiger partial charge in [0.15, 0.2) is 0 Å². The zero-order valence-corrected chi connectivity index (χ0v) is 27.2. The van der Waals surface area contributed by atoms with Gasteiger partial charge in [-0.25, -0.2) is 24.7 Å². The molecule has 1 fully saturated rings. The lowest BCUT2D eigenvalue weighted by Gasteiger charge is -2.35. The number of aromatic nitrogens is 5. The predicted molar refractivity (Wildman–Crippen MR) is 163 cm³/mol. The second kappa shape index (κ2) is 12.4. The molecule has 1 unspecified atom stereocenters. The second-order valence-corrected chi connectivity index (χ2v) is 18.8. The van der Waals surface area contributed by atoms with Crippen LogP contribution in [-0.2, 0) is 16.2 Å². The molecule has 218 valence electrons. The number of amides is 1. The lowest BCUT2D eigenvalue weighted by atomic mass is 10.2. The number of hydrogen-bond acceptors (Lipinski definition) is 9. The maximum atomic E-state index is 12.4. The molecule has 1 amide bonds. The van der Waals surface area contributed by atoms with E-state index in [1.165, 1.54) is 0 Å². The van der Waals surface area contributed by atoms with E-state index in [1.807, 2.05) is 44.5 Å². The van der Waals surface area contributed by atoms with Crippen LogP contribution in [0.5, 0.6) is 0 Å². The third-order valence-electron chi connectivity index (χ3n) is 6.51. The van der Waals surface area contributed by atoms with Gasteiger partial charge in [-0.15, -0.1) is 0 Å². The highest BCUT2D eigenvalue weighted by molar-refractivity contribution is 9.10. The van der Waals surface area contributed by atoms with Crippen LogP contribution >= 0.6 is 15.9 Å². The van der Waals surface area contributed by atoms with Gasteiger partial charge in [-0.3, -0.25) is 0 Å². The Morgan fingerprint density at radius 1 is 1.15 bits per heavy atom. The van der Waals surface area contributed by atoms with E-state index in [2.05, 4.69) is 60.7 Å². The average molecular weight is 634 g/mol. The van der Waals surface area contributed by atoms with Gasteiger partial charge in [-0.2, -0.15) is 0 Å². The molecule has 0 spiro atoms. The highest BCUT2D eigenvalue weighted by atomic mass is 79.9. The highest BCUT2D eigenvalue weighted by Gasteiger charge is 2.27. The third kappa shape index (κ3) is 7.91. The molecule has 0 saturated carbocycles. The summed E-state index contributed by atoms with van der Waals surface area (Å²) >= 11 is 3.69. The van der Waals surface area contributed by atoms with E-state index in [4.69, 9.17) is 14.5 Å². The summed E-state index contributed by atoms with van der Waals surface area (Å²) in [6.07, 6.45) is 5.05. The second-order valence-electron chi connectivity index (χ2n) is 12.3. The van der Waals surface area contributed by atoms with Gasteiger partial charge in [0.25, 0.3) is 0 Å². The molecule has 1 aliphatic rings. The molecule has 13 heteroatoms. The first-order chi connectivity index (χ1) is 18.8. The van der Waals surface area contributed by atoms with Gasteiger partial charge in [-0.05, 0) is 55.7 Å². The lowest BCUT2D eigenvalue weighted by molar-refractivity contribution is 0.0240. The minimum Gasteiger partial charge on any atom is -0.444 e. The Balaban J connectivity index is 1.41. The molecule has 1 atom stereocenters. The monoisotopic (exact) mass is 632 g/mol. The van der Waals surface area contributed by atoms with Crippen LogP contribution in [0.1, 0.15) is 39.4 Å². The first kappa shape index (κ1) is 30.2. The van der Waals surface area contributed by atoms with Gasteiger partial charge in [0.2, 0.25) is 5.95 Å². The van der Waals surface area contributed by atoms with E-state index >= 15 is 0 Å². The summed E-state index contributed by atoms with van der Waals surface area (Å²) in [5.41, 5.74) is 1.14. The molecule has 4 rings (SSSR count). The van der Waals surface area contributed by atoms with Gasteiger partial charge < -0.3 is 29.2 Å². The molecule has 0 aliphatic carbocycles. The highest BCUT2D eigenvalue weighted by Crippen LogP contribution is 2.32. The molecule has 1 N–H and O–H groups in total. The quantitative estimate of drug-likeness (QED) is 0.240. The van der Waals surface area contributed by atoms with Gasteiger partial charge in [0.05, 0.1) is 17.1 Å². The minimum absolute atomic E-state index is 0.133. The van der Waals surface area contributed by atoms with Crippen LogP contribution in [0.3, 0.4) is 0 Å². The number of carbonyl (C=O) groups is 1. The molecule has 11 nitrogen and oxygen atoms in total. The minimum atomic E-state index is -1.15. The third-order valence-corrected chi connectivity index (χ3v) is 8.81. The maximum absolute atomic E-state index is 12.4. The summed E-state index contributed by atoms with van der Waals surface area (Å²) in [6.45, 7) is 18.3. The van der Waals surface area contributed by atoms with Crippen molar-refractivity contribution in [3.05, 3.63) is 35.0 Å². The summed E-state index contributed by atoms with van der Waals surface area (Å²) in [4.78, 5) is 34.7. The van der Waals surface area contributed by atoms with Crippen LogP contribution in [0, 0.1) is 0 Å². The molecule has 0 radical (unpaired) electrons. The van der Waals surface area contributed by atoms with E-state index in [1.54, 1.807) is 17.4 Å². The molecular formula is C27H41BrN8O3Si. The normalized spacial score (nSPS) is 15.4. The van der Waals surface area contributed by atoms with Gasteiger partial charge in [0.1, 0.15) is 30.1 Å². The van der Waals surface area contributed by atoms with Crippen molar-refractivity contribution in [2.75, 3.05) is 43.0 Å². The summed E-state index contributed by atoms with van der Waals surface area (Å²) in [6, 6.07) is 2.89. The van der Waals surface area contributed by atoms with Crippen LogP contribution in [-0.4, -0.2) is 82.0 Å². The number of hydrogen-bond donors (Lipinski definition) is 1. The summed E-state index contributed by atoms with van der Waals surface area (Å²) in [5.74, 6) is 1.36. The summed E-state index contributed by atoms with van der Waals surface area (Å²) in [7, 11) is -1.15. The van der Waals surface area contributed by atoms with E-state index in [-0.39, 0.29) is 12.1 Å². The molecule has 1 saturated heterocycles. The van der Waals surface area contributed by atoms with Gasteiger partial charge in [0, 0.05) is 57.7 Å². The van der Waals surface area contributed by atoms with Crippen LogP contribution in [0.2, 0.25) is 25.7 Å². The Morgan fingerprint density at radius 3 is 2.55 bits per heavy atom. The average Bonchev–Trinajstić information content (AvgIpc) is 3.21. The molecule has 3 aromatic rings. The number of anilines is 2. The van der Waals surface area contributed by atoms with Crippen molar-refractivity contribution in [2.24, 2.45) is 0 Å². The van der Waals surface area contributed by atoms with Gasteiger partial charge in [-0.1, -0.05) is 19.6 Å². The Hall–Kier alpha value is -2.77.